The Morgan fingerprint density at radius 1 is 0.488 bits per heavy atom. The predicted octanol–water partition coefficient (Wildman–Crippen LogP) is 11.8. The molecule has 0 N–H and O–H groups in total. The van der Waals surface area contributed by atoms with E-state index in [4.69, 9.17) is 6.15 Å². The molecule has 5 heteroatoms. The van der Waals surface area contributed by atoms with Gasteiger partial charge >= 0.3 is 262 Å². The van der Waals surface area contributed by atoms with Crippen molar-refractivity contribution in [3.8, 4) is 0 Å². The summed E-state index contributed by atoms with van der Waals surface area (Å²) in [4.78, 5) is 27.6. The number of carbonyl (C=O) groups excluding carboxylic acids is 2. The topological polar surface area (TPSA) is 52.6 Å². The minimum atomic E-state index is -3.91. The van der Waals surface area contributed by atoms with Crippen LogP contribution in [0, 0.1) is 11.8 Å². The van der Waals surface area contributed by atoms with Gasteiger partial charge in [-0.25, -0.2) is 0 Å². The first-order valence-corrected chi connectivity index (χ1v) is 24.3. The molecule has 0 aromatic rings. The van der Waals surface area contributed by atoms with Crippen molar-refractivity contribution in [1.29, 1.82) is 0 Å². The van der Waals surface area contributed by atoms with E-state index >= 15 is 0 Å². The number of unbranched alkanes of at least 4 members (excludes halogenated alkanes) is 14. The Morgan fingerprint density at radius 2 is 0.829 bits per heavy atom. The van der Waals surface area contributed by atoms with Crippen molar-refractivity contribution in [3.05, 3.63) is 11.1 Å². The molecule has 0 atom stereocenters. The Hall–Kier alpha value is -0.521. The molecule has 0 saturated heterocycles. The minimum absolute atomic E-state index is 0.190. The third-order valence-electron chi connectivity index (χ3n) is 8.65. The third-order valence-corrected chi connectivity index (χ3v) is 18.2. The van der Waals surface area contributed by atoms with Crippen LogP contribution in [0.25, 0.3) is 0 Å². The van der Waals surface area contributed by atoms with Gasteiger partial charge in [-0.15, -0.1) is 0 Å². The SMILES string of the molecule is CCCCCCC[CH2][Sn]1([CH2]CCCCCCC)[O]C(=O)C(CCCCCC(C)C)=C(CCCCCC(C)C)C(=O)[O]1. The molecule has 0 aromatic heterocycles. The average molecular weight is 684 g/mol. The fourth-order valence-corrected chi connectivity index (χ4v) is 15.1. The molecule has 0 amide bonds. The molecule has 0 bridgehead atoms. The first-order valence-electron chi connectivity index (χ1n) is 17.9. The molecule has 41 heavy (non-hydrogen) atoms. The fraction of sp³-hybridized carbons (Fsp3) is 0.889. The van der Waals surface area contributed by atoms with Crippen LogP contribution in [0.3, 0.4) is 0 Å². The molecule has 0 saturated carbocycles. The number of hydrogen-bond donors (Lipinski definition) is 0. The van der Waals surface area contributed by atoms with Crippen LogP contribution in [0.4, 0.5) is 0 Å². The average Bonchev–Trinajstić information content (AvgIpc) is 3.01. The van der Waals surface area contributed by atoms with Gasteiger partial charge in [-0.05, 0) is 0 Å². The van der Waals surface area contributed by atoms with Crippen LogP contribution in [-0.2, 0) is 15.7 Å². The quantitative estimate of drug-likeness (QED) is 0.0673. The second kappa shape index (κ2) is 23.9. The van der Waals surface area contributed by atoms with Crippen LogP contribution in [0.15, 0.2) is 11.1 Å². The molecule has 4 nitrogen and oxygen atoms in total. The van der Waals surface area contributed by atoms with Crippen molar-refractivity contribution in [2.45, 2.75) is 192 Å². The summed E-state index contributed by atoms with van der Waals surface area (Å²) in [5.41, 5.74) is 1.32. The molecule has 0 aromatic carbocycles. The van der Waals surface area contributed by atoms with Crippen molar-refractivity contribution in [3.63, 3.8) is 0 Å². The van der Waals surface area contributed by atoms with Crippen LogP contribution in [0.2, 0.25) is 8.87 Å². The first kappa shape index (κ1) is 38.5. The molecule has 1 rings (SSSR count). The standard InChI is InChI=1S/C20H36O4.2C8H17.Sn/c1-15(2)11-7-5-9-13-17(19(21)22)18(20(23)24)14-10-6-8-12-16(3)4;2*1-3-5-7-8-6-4-2;/h15-16H,5-14H2,1-4H3,(H,21,22)(H,23,24);2*1,3-8H2,2H3;/q;;;+2/p-2. The summed E-state index contributed by atoms with van der Waals surface area (Å²) < 4.78 is 14.6. The summed E-state index contributed by atoms with van der Waals surface area (Å²) in [6.07, 6.45) is 24.5. The van der Waals surface area contributed by atoms with Gasteiger partial charge in [0.2, 0.25) is 0 Å². The Labute approximate surface area is 260 Å². The monoisotopic (exact) mass is 684 g/mol. The van der Waals surface area contributed by atoms with Gasteiger partial charge in [0.15, 0.2) is 0 Å². The number of rotatable bonds is 26. The molecule has 0 fully saturated rings. The van der Waals surface area contributed by atoms with Crippen LogP contribution in [0.5, 0.6) is 0 Å². The number of carbonyl (C=O) groups is 2. The summed E-state index contributed by atoms with van der Waals surface area (Å²) >= 11 is -3.91. The second-order valence-electron chi connectivity index (χ2n) is 13.7. The van der Waals surface area contributed by atoms with Crippen LogP contribution < -0.4 is 0 Å². The Morgan fingerprint density at radius 3 is 1.20 bits per heavy atom. The summed E-state index contributed by atoms with van der Waals surface area (Å²) in [6.45, 7) is 13.5. The van der Waals surface area contributed by atoms with Gasteiger partial charge in [0.05, 0.1) is 0 Å². The van der Waals surface area contributed by atoms with Gasteiger partial charge in [0, 0.05) is 0 Å². The zero-order valence-corrected chi connectivity index (χ0v) is 31.1. The third kappa shape index (κ3) is 18.0. The Balaban J connectivity index is 3.01. The molecule has 1 aliphatic heterocycles. The van der Waals surface area contributed by atoms with Gasteiger partial charge in [0.1, 0.15) is 0 Å². The molecular formula is C36H68O4Sn. The van der Waals surface area contributed by atoms with Gasteiger partial charge < -0.3 is 0 Å². The molecule has 0 unspecified atom stereocenters. The van der Waals surface area contributed by atoms with Crippen molar-refractivity contribution in [2.75, 3.05) is 0 Å². The summed E-state index contributed by atoms with van der Waals surface area (Å²) in [5.74, 6) is 1.02. The van der Waals surface area contributed by atoms with Crippen molar-refractivity contribution >= 4 is 31.1 Å². The maximum absolute atomic E-state index is 13.8. The Kier molecular flexibility index (Phi) is 22.4. The summed E-state index contributed by atoms with van der Waals surface area (Å²) in [6, 6.07) is 0. The van der Waals surface area contributed by atoms with Gasteiger partial charge in [0.25, 0.3) is 0 Å². The van der Waals surface area contributed by atoms with Crippen molar-refractivity contribution < 1.29 is 15.7 Å². The fourth-order valence-electron chi connectivity index (χ4n) is 5.97. The zero-order chi connectivity index (χ0) is 30.3. The van der Waals surface area contributed by atoms with E-state index in [0.717, 1.165) is 60.2 Å². The summed E-state index contributed by atoms with van der Waals surface area (Å²) in [5, 5.41) is 0. The second-order valence-corrected chi connectivity index (χ2v) is 22.9. The summed E-state index contributed by atoms with van der Waals surface area (Å²) in [7, 11) is 0. The van der Waals surface area contributed by atoms with E-state index in [1.165, 1.54) is 77.0 Å². The predicted molar refractivity (Wildman–Crippen MR) is 177 cm³/mol. The maximum atomic E-state index is 13.8. The van der Waals surface area contributed by atoms with E-state index in [9.17, 15) is 9.59 Å². The molecule has 1 heterocycles. The van der Waals surface area contributed by atoms with E-state index in [0.29, 0.717) is 35.8 Å². The first-order chi connectivity index (χ1) is 19.7. The van der Waals surface area contributed by atoms with Crippen LogP contribution in [0.1, 0.15) is 183 Å². The van der Waals surface area contributed by atoms with Crippen LogP contribution >= 0.6 is 0 Å². The molecule has 0 aliphatic carbocycles. The van der Waals surface area contributed by atoms with Crippen molar-refractivity contribution in [1.82, 2.24) is 0 Å². The van der Waals surface area contributed by atoms with E-state index in [2.05, 4.69) is 41.5 Å². The van der Waals surface area contributed by atoms with Gasteiger partial charge in [-0.2, -0.15) is 0 Å². The van der Waals surface area contributed by atoms with Crippen LogP contribution in [-0.4, -0.2) is 31.1 Å². The Bertz CT molecular complexity index is 667. The zero-order valence-electron chi connectivity index (χ0n) is 28.3. The molecule has 240 valence electrons. The van der Waals surface area contributed by atoms with E-state index in [1.807, 2.05) is 0 Å². The van der Waals surface area contributed by atoms with Gasteiger partial charge in [-0.1, -0.05) is 0 Å². The normalized spacial score (nSPS) is 15.5. The van der Waals surface area contributed by atoms with E-state index < -0.39 is 19.2 Å². The molecular weight excluding hydrogens is 615 g/mol. The molecule has 0 radical (unpaired) electrons. The molecule has 1 aliphatic rings. The number of hydrogen-bond acceptors (Lipinski definition) is 4. The van der Waals surface area contributed by atoms with Crippen molar-refractivity contribution in [2.24, 2.45) is 11.8 Å². The molecule has 0 spiro atoms. The van der Waals surface area contributed by atoms with E-state index in [-0.39, 0.29) is 11.9 Å². The van der Waals surface area contributed by atoms with E-state index in [1.54, 1.807) is 0 Å². The van der Waals surface area contributed by atoms with Gasteiger partial charge in [-0.3, -0.25) is 0 Å².